The summed E-state index contributed by atoms with van der Waals surface area (Å²) in [7, 11) is 3.84. The molecule has 0 aromatic carbocycles. The number of hydrogen-bond acceptors (Lipinski definition) is 4. The molecule has 1 heterocycles. The molecule has 0 spiro atoms. The van der Waals surface area contributed by atoms with Crippen molar-refractivity contribution >= 4 is 5.97 Å². The number of likely N-dealkylation sites (N-methyl/N-ethyl adjacent to an activating group) is 2. The molecule has 1 aliphatic carbocycles. The largest absolute Gasteiger partial charge is 0.480 e. The molecule has 1 saturated carbocycles. The zero-order valence-electron chi connectivity index (χ0n) is 12.0. The summed E-state index contributed by atoms with van der Waals surface area (Å²) in [6.45, 7) is 1.79. The van der Waals surface area contributed by atoms with Crippen molar-refractivity contribution in [2.75, 3.05) is 27.2 Å². The maximum Gasteiger partial charge on any atom is 0.323 e. The van der Waals surface area contributed by atoms with Crippen molar-refractivity contribution in [3.63, 3.8) is 0 Å². The van der Waals surface area contributed by atoms with Gasteiger partial charge in [-0.15, -0.1) is 0 Å². The highest BCUT2D eigenvalue weighted by Crippen LogP contribution is 2.33. The normalized spacial score (nSPS) is 35.7. The smallest absolute Gasteiger partial charge is 0.323 e. The maximum atomic E-state index is 11.4. The number of nitrogens with zero attached hydrogens (tertiary/aromatic N) is 1. The molecule has 1 saturated heterocycles. The van der Waals surface area contributed by atoms with Crippen LogP contribution in [0.5, 0.6) is 0 Å². The van der Waals surface area contributed by atoms with Crippen LogP contribution < -0.4 is 5.32 Å². The molecule has 0 radical (unpaired) electrons. The quantitative estimate of drug-likeness (QED) is 0.783. The highest BCUT2D eigenvalue weighted by atomic mass is 16.5. The fourth-order valence-electron chi connectivity index (χ4n) is 3.35. The van der Waals surface area contributed by atoms with Gasteiger partial charge < -0.3 is 20.1 Å². The van der Waals surface area contributed by atoms with E-state index in [9.17, 15) is 9.90 Å². The van der Waals surface area contributed by atoms with Crippen LogP contribution in [0, 0.1) is 0 Å². The van der Waals surface area contributed by atoms with Crippen molar-refractivity contribution in [2.24, 2.45) is 0 Å². The van der Waals surface area contributed by atoms with Crippen LogP contribution in [0.3, 0.4) is 0 Å². The summed E-state index contributed by atoms with van der Waals surface area (Å²) in [5.74, 6) is -0.722. The first-order valence-corrected chi connectivity index (χ1v) is 7.31. The Morgan fingerprint density at radius 3 is 2.79 bits per heavy atom. The van der Waals surface area contributed by atoms with Crippen LogP contribution in [0.2, 0.25) is 0 Å². The van der Waals surface area contributed by atoms with Gasteiger partial charge in [-0.3, -0.25) is 4.79 Å². The highest BCUT2D eigenvalue weighted by Gasteiger charge is 2.45. The van der Waals surface area contributed by atoms with Crippen molar-refractivity contribution < 1.29 is 14.6 Å². The molecule has 3 unspecified atom stereocenters. The molecule has 110 valence electrons. The van der Waals surface area contributed by atoms with Crippen molar-refractivity contribution in [1.82, 2.24) is 10.2 Å². The van der Waals surface area contributed by atoms with Gasteiger partial charge in [0, 0.05) is 19.2 Å². The Morgan fingerprint density at radius 1 is 1.47 bits per heavy atom. The molecule has 0 aromatic rings. The molecule has 2 N–H and O–H groups in total. The van der Waals surface area contributed by atoms with Crippen LogP contribution in [0.4, 0.5) is 0 Å². The monoisotopic (exact) mass is 270 g/mol. The van der Waals surface area contributed by atoms with Crippen molar-refractivity contribution in [3.8, 4) is 0 Å². The lowest BCUT2D eigenvalue weighted by atomic mass is 9.97. The predicted octanol–water partition coefficient (Wildman–Crippen LogP) is 1.08. The summed E-state index contributed by atoms with van der Waals surface area (Å²) in [6.07, 6.45) is 6.21. The molecular weight excluding hydrogens is 244 g/mol. The zero-order chi connectivity index (χ0) is 13.9. The minimum atomic E-state index is -0.730. The van der Waals surface area contributed by atoms with Gasteiger partial charge in [0.05, 0.1) is 6.10 Å². The fourth-order valence-corrected chi connectivity index (χ4v) is 3.35. The topological polar surface area (TPSA) is 61.8 Å². The van der Waals surface area contributed by atoms with E-state index in [4.69, 9.17) is 4.74 Å². The maximum absolute atomic E-state index is 11.4. The fraction of sp³-hybridized carbons (Fsp3) is 0.929. The van der Waals surface area contributed by atoms with E-state index in [2.05, 4.69) is 17.3 Å². The molecule has 0 amide bonds. The lowest BCUT2D eigenvalue weighted by Crippen LogP contribution is -2.49. The van der Waals surface area contributed by atoms with Crippen LogP contribution in [0.15, 0.2) is 0 Å². The Labute approximate surface area is 115 Å². The highest BCUT2D eigenvalue weighted by molar-refractivity contribution is 5.79. The molecule has 19 heavy (non-hydrogen) atoms. The molecule has 0 bridgehead atoms. The Balaban J connectivity index is 1.87. The number of rotatable bonds is 5. The third kappa shape index (κ3) is 3.27. The number of carboxylic acid groups (broad SMARTS) is 1. The van der Waals surface area contributed by atoms with E-state index in [1.165, 1.54) is 12.8 Å². The van der Waals surface area contributed by atoms with E-state index in [1.54, 1.807) is 7.05 Å². The molecule has 5 nitrogen and oxygen atoms in total. The number of carbonyl (C=O) groups is 1. The Kier molecular flexibility index (Phi) is 4.81. The van der Waals surface area contributed by atoms with Gasteiger partial charge >= 0.3 is 5.97 Å². The lowest BCUT2D eigenvalue weighted by molar-refractivity contribution is -0.144. The van der Waals surface area contributed by atoms with Crippen molar-refractivity contribution in [3.05, 3.63) is 0 Å². The van der Waals surface area contributed by atoms with Gasteiger partial charge in [-0.25, -0.2) is 0 Å². The standard InChI is InChI=1S/C14H26N2O3/c1-15-14(13(17)18)7-6-11(9-14)16(2)10-12-5-3-4-8-19-12/h11-12,15H,3-10H2,1-2H3,(H,17,18). The summed E-state index contributed by atoms with van der Waals surface area (Å²) in [5, 5.41) is 12.4. The third-order valence-electron chi connectivity index (χ3n) is 4.77. The first-order chi connectivity index (χ1) is 9.07. The van der Waals surface area contributed by atoms with Crippen molar-refractivity contribution in [2.45, 2.75) is 56.2 Å². The average molecular weight is 270 g/mol. The van der Waals surface area contributed by atoms with Gasteiger partial charge in [0.2, 0.25) is 0 Å². The predicted molar refractivity (Wildman–Crippen MR) is 73.3 cm³/mol. The van der Waals surface area contributed by atoms with Crippen LogP contribution >= 0.6 is 0 Å². The number of hydrogen-bond donors (Lipinski definition) is 2. The Bertz CT molecular complexity index is 318. The van der Waals surface area contributed by atoms with Gasteiger partial charge in [0.15, 0.2) is 0 Å². The summed E-state index contributed by atoms with van der Waals surface area (Å²) >= 11 is 0. The first kappa shape index (κ1) is 14.8. The molecule has 2 aliphatic rings. The van der Waals surface area contributed by atoms with Crippen molar-refractivity contribution in [1.29, 1.82) is 0 Å². The van der Waals surface area contributed by atoms with E-state index >= 15 is 0 Å². The molecule has 5 heteroatoms. The van der Waals surface area contributed by atoms with Crippen LogP contribution in [0.1, 0.15) is 38.5 Å². The number of aliphatic carboxylic acids is 1. The van der Waals surface area contributed by atoms with E-state index in [0.717, 1.165) is 26.0 Å². The third-order valence-corrected chi connectivity index (χ3v) is 4.77. The SMILES string of the molecule is CNC1(C(=O)O)CCC(N(C)CC2CCCCO2)C1. The Morgan fingerprint density at radius 2 is 2.26 bits per heavy atom. The minimum Gasteiger partial charge on any atom is -0.480 e. The minimum absolute atomic E-state index is 0.327. The molecule has 3 atom stereocenters. The molecule has 0 aromatic heterocycles. The second kappa shape index (κ2) is 6.20. The zero-order valence-corrected chi connectivity index (χ0v) is 12.0. The van der Waals surface area contributed by atoms with E-state index in [0.29, 0.717) is 25.0 Å². The van der Waals surface area contributed by atoms with Gasteiger partial charge in [-0.1, -0.05) is 0 Å². The number of ether oxygens (including phenoxy) is 1. The van der Waals surface area contributed by atoms with Gasteiger partial charge in [-0.2, -0.15) is 0 Å². The Hall–Kier alpha value is -0.650. The second-order valence-electron chi connectivity index (χ2n) is 5.96. The summed E-state index contributed by atoms with van der Waals surface area (Å²) in [5.41, 5.74) is -0.730. The van der Waals surface area contributed by atoms with E-state index < -0.39 is 11.5 Å². The van der Waals surface area contributed by atoms with Crippen LogP contribution in [0.25, 0.3) is 0 Å². The molecule has 2 fully saturated rings. The average Bonchev–Trinajstić information content (AvgIpc) is 2.86. The van der Waals surface area contributed by atoms with E-state index in [1.807, 2.05) is 0 Å². The van der Waals surface area contributed by atoms with Crippen LogP contribution in [-0.4, -0.2) is 60.9 Å². The van der Waals surface area contributed by atoms with Gasteiger partial charge in [0.25, 0.3) is 0 Å². The molecule has 2 rings (SSSR count). The first-order valence-electron chi connectivity index (χ1n) is 7.31. The summed E-state index contributed by atoms with van der Waals surface area (Å²) in [4.78, 5) is 13.7. The molecule has 1 aliphatic heterocycles. The lowest BCUT2D eigenvalue weighted by Gasteiger charge is -2.32. The summed E-state index contributed by atoms with van der Waals surface area (Å²) < 4.78 is 5.76. The summed E-state index contributed by atoms with van der Waals surface area (Å²) in [6, 6.07) is 0.342. The second-order valence-corrected chi connectivity index (χ2v) is 5.96. The number of carboxylic acids is 1. The molecular formula is C14H26N2O3. The van der Waals surface area contributed by atoms with Gasteiger partial charge in [-0.05, 0) is 52.6 Å². The van der Waals surface area contributed by atoms with E-state index in [-0.39, 0.29) is 0 Å². The number of nitrogens with one attached hydrogen (secondary N) is 1. The van der Waals surface area contributed by atoms with Crippen LogP contribution in [-0.2, 0) is 9.53 Å². The van der Waals surface area contributed by atoms with Gasteiger partial charge in [0.1, 0.15) is 5.54 Å².